The zero-order valence-corrected chi connectivity index (χ0v) is 20.3. The summed E-state index contributed by atoms with van der Waals surface area (Å²) in [5, 5.41) is 15.1. The molecule has 2 amide bonds. The van der Waals surface area contributed by atoms with Crippen molar-refractivity contribution in [2.45, 2.75) is 64.0 Å². The molecule has 0 heterocycles. The van der Waals surface area contributed by atoms with Crippen LogP contribution in [0.15, 0.2) is 48.5 Å². The lowest BCUT2D eigenvalue weighted by Gasteiger charge is -2.24. The molecule has 1 saturated carbocycles. The molecule has 0 aliphatic heterocycles. The summed E-state index contributed by atoms with van der Waals surface area (Å²) in [5.74, 6) is -1.51. The van der Waals surface area contributed by atoms with Crippen LogP contribution in [0.1, 0.15) is 63.0 Å². The predicted octanol–water partition coefficient (Wildman–Crippen LogP) is 4.70. The van der Waals surface area contributed by atoms with Crippen molar-refractivity contribution in [2.24, 2.45) is 11.8 Å². The summed E-state index contributed by atoms with van der Waals surface area (Å²) >= 11 is 0. The number of rotatable bonds is 9. The normalized spacial score (nSPS) is 20.4. The largest absolute Gasteiger partial charge is 0.480 e. The van der Waals surface area contributed by atoms with Crippen molar-refractivity contribution >= 4 is 18.0 Å². The third kappa shape index (κ3) is 5.50. The van der Waals surface area contributed by atoms with E-state index in [4.69, 9.17) is 4.74 Å². The van der Waals surface area contributed by atoms with Gasteiger partial charge in [-0.15, -0.1) is 0 Å². The fraction of sp³-hybridized carbons (Fsp3) is 0.464. The summed E-state index contributed by atoms with van der Waals surface area (Å²) in [5.41, 5.74) is 4.67. The molecule has 0 bridgehead atoms. The van der Waals surface area contributed by atoms with Crippen LogP contribution in [0.4, 0.5) is 4.79 Å². The number of benzene rings is 2. The maximum atomic E-state index is 12.7. The predicted molar refractivity (Wildman–Crippen MR) is 133 cm³/mol. The van der Waals surface area contributed by atoms with Crippen molar-refractivity contribution in [2.75, 3.05) is 6.61 Å². The highest BCUT2D eigenvalue weighted by Gasteiger charge is 2.34. The van der Waals surface area contributed by atoms with E-state index >= 15 is 0 Å². The number of carbonyl (C=O) groups excluding carboxylic acids is 2. The first-order valence-corrected chi connectivity index (χ1v) is 12.5. The maximum Gasteiger partial charge on any atom is 0.407 e. The van der Waals surface area contributed by atoms with Gasteiger partial charge in [-0.2, -0.15) is 0 Å². The zero-order valence-electron chi connectivity index (χ0n) is 20.3. The molecule has 3 N–H and O–H groups in total. The Morgan fingerprint density at radius 2 is 1.66 bits per heavy atom. The van der Waals surface area contributed by atoms with Crippen molar-refractivity contribution in [1.29, 1.82) is 0 Å². The monoisotopic (exact) mass is 478 g/mol. The van der Waals surface area contributed by atoms with Gasteiger partial charge in [0, 0.05) is 18.4 Å². The molecule has 7 nitrogen and oxygen atoms in total. The average Bonchev–Trinajstić information content (AvgIpc) is 3.42. The molecule has 0 aromatic heterocycles. The Bertz CT molecular complexity index is 1040. The maximum absolute atomic E-state index is 12.7. The van der Waals surface area contributed by atoms with E-state index in [0.717, 1.165) is 30.4 Å². The van der Waals surface area contributed by atoms with Gasteiger partial charge in [0.2, 0.25) is 5.91 Å². The number of alkyl carbamates (subject to hydrolysis) is 1. The Hall–Kier alpha value is -3.35. The Balaban J connectivity index is 1.32. The second-order valence-corrected chi connectivity index (χ2v) is 9.74. The third-order valence-electron chi connectivity index (χ3n) is 7.55. The minimum atomic E-state index is -1.02. The topological polar surface area (TPSA) is 105 Å². The molecule has 2 aliphatic carbocycles. The van der Waals surface area contributed by atoms with Crippen LogP contribution < -0.4 is 10.6 Å². The van der Waals surface area contributed by atoms with Gasteiger partial charge in [0.25, 0.3) is 0 Å². The van der Waals surface area contributed by atoms with Gasteiger partial charge in [-0.3, -0.25) is 4.79 Å². The summed E-state index contributed by atoms with van der Waals surface area (Å²) in [6, 6.07) is 15.3. The third-order valence-corrected chi connectivity index (χ3v) is 7.55. The van der Waals surface area contributed by atoms with Crippen LogP contribution in [0.3, 0.4) is 0 Å². The van der Waals surface area contributed by atoms with Crippen LogP contribution in [-0.2, 0) is 14.3 Å². The molecule has 2 aromatic rings. The highest BCUT2D eigenvalue weighted by atomic mass is 16.5. The summed E-state index contributed by atoms with van der Waals surface area (Å²) in [7, 11) is 0. The molecule has 7 heteroatoms. The van der Waals surface area contributed by atoms with E-state index in [1.807, 2.05) is 38.1 Å². The molecule has 35 heavy (non-hydrogen) atoms. The fourth-order valence-corrected chi connectivity index (χ4v) is 5.42. The summed E-state index contributed by atoms with van der Waals surface area (Å²) < 4.78 is 5.67. The van der Waals surface area contributed by atoms with Crippen LogP contribution in [0.25, 0.3) is 11.1 Å². The van der Waals surface area contributed by atoms with Crippen molar-refractivity contribution in [3.63, 3.8) is 0 Å². The first kappa shape index (κ1) is 24.8. The number of amides is 2. The Morgan fingerprint density at radius 1 is 1.03 bits per heavy atom. The number of hydrogen-bond donors (Lipinski definition) is 3. The minimum absolute atomic E-state index is 0.00758. The van der Waals surface area contributed by atoms with Gasteiger partial charge in [0.05, 0.1) is 0 Å². The van der Waals surface area contributed by atoms with E-state index in [-0.39, 0.29) is 42.7 Å². The van der Waals surface area contributed by atoms with Crippen molar-refractivity contribution in [1.82, 2.24) is 10.6 Å². The van der Waals surface area contributed by atoms with E-state index in [9.17, 15) is 19.5 Å². The molecule has 0 unspecified atom stereocenters. The zero-order chi connectivity index (χ0) is 24.9. The SMILES string of the molecule is CC[C@H](C)[C@H](NC(=O)C[C@@H]1CCC[C@H]1NC(=O)OCC1c2ccccc2-c2ccccc21)C(=O)O. The lowest BCUT2D eigenvalue weighted by molar-refractivity contribution is -0.143. The van der Waals surface area contributed by atoms with E-state index in [1.54, 1.807) is 0 Å². The van der Waals surface area contributed by atoms with Gasteiger partial charge >= 0.3 is 12.1 Å². The molecule has 186 valence electrons. The molecular formula is C28H34N2O5. The molecule has 1 fully saturated rings. The number of ether oxygens (including phenoxy) is 1. The standard InChI is InChI=1S/C28H34N2O5/c1-3-17(2)26(27(32)33)30-25(31)15-18-9-8-14-24(18)29-28(34)35-16-23-21-12-6-4-10-19(21)20-11-5-7-13-22(20)23/h4-7,10-13,17-18,23-24,26H,3,8-9,14-16H2,1-2H3,(H,29,34)(H,30,31)(H,32,33)/t17-,18-,24+,26-/m0/s1. The van der Waals surface area contributed by atoms with E-state index in [2.05, 4.69) is 34.9 Å². The summed E-state index contributed by atoms with van der Waals surface area (Å²) in [6.45, 7) is 3.96. The Labute approximate surface area is 206 Å². The van der Waals surface area contributed by atoms with Crippen molar-refractivity contribution < 1.29 is 24.2 Å². The van der Waals surface area contributed by atoms with Gasteiger partial charge in [0.15, 0.2) is 0 Å². The Morgan fingerprint density at radius 3 is 2.26 bits per heavy atom. The highest BCUT2D eigenvalue weighted by Crippen LogP contribution is 2.44. The molecule has 0 saturated heterocycles. The summed E-state index contributed by atoms with van der Waals surface area (Å²) in [6.07, 6.45) is 2.85. The number of fused-ring (bicyclic) bond motifs is 3. The first-order chi connectivity index (χ1) is 16.9. The molecular weight excluding hydrogens is 444 g/mol. The number of carboxylic acid groups (broad SMARTS) is 1. The lowest BCUT2D eigenvalue weighted by Crippen LogP contribution is -2.46. The van der Waals surface area contributed by atoms with E-state index < -0.39 is 18.1 Å². The second-order valence-electron chi connectivity index (χ2n) is 9.74. The molecule has 0 spiro atoms. The molecule has 2 aliphatic rings. The highest BCUT2D eigenvalue weighted by molar-refractivity contribution is 5.84. The number of nitrogens with one attached hydrogen (secondary N) is 2. The summed E-state index contributed by atoms with van der Waals surface area (Å²) in [4.78, 5) is 36.8. The van der Waals surface area contributed by atoms with Gasteiger partial charge in [-0.25, -0.2) is 9.59 Å². The van der Waals surface area contributed by atoms with Crippen LogP contribution in [0, 0.1) is 11.8 Å². The quantitative estimate of drug-likeness (QED) is 0.485. The lowest BCUT2D eigenvalue weighted by atomic mass is 9.96. The number of aliphatic carboxylic acids is 1. The van der Waals surface area contributed by atoms with E-state index in [0.29, 0.717) is 6.42 Å². The van der Waals surface area contributed by atoms with Crippen LogP contribution in [0.5, 0.6) is 0 Å². The molecule has 4 atom stereocenters. The van der Waals surface area contributed by atoms with Crippen molar-refractivity contribution in [3.8, 4) is 11.1 Å². The van der Waals surface area contributed by atoms with Crippen molar-refractivity contribution in [3.05, 3.63) is 59.7 Å². The Kier molecular flexibility index (Phi) is 7.73. The molecule has 2 aromatic carbocycles. The van der Waals surface area contributed by atoms with Gasteiger partial charge in [0.1, 0.15) is 12.6 Å². The van der Waals surface area contributed by atoms with Gasteiger partial charge in [-0.05, 0) is 46.9 Å². The van der Waals surface area contributed by atoms with Crippen LogP contribution in [-0.4, -0.2) is 41.8 Å². The second kappa shape index (κ2) is 10.9. The molecule has 4 rings (SSSR count). The first-order valence-electron chi connectivity index (χ1n) is 12.5. The van der Waals surface area contributed by atoms with Gasteiger partial charge in [-0.1, -0.05) is 75.2 Å². The smallest absolute Gasteiger partial charge is 0.407 e. The fourth-order valence-electron chi connectivity index (χ4n) is 5.42. The average molecular weight is 479 g/mol. The molecule has 0 radical (unpaired) electrons. The van der Waals surface area contributed by atoms with Crippen LogP contribution in [0.2, 0.25) is 0 Å². The van der Waals surface area contributed by atoms with Crippen LogP contribution >= 0.6 is 0 Å². The van der Waals surface area contributed by atoms with Gasteiger partial charge < -0.3 is 20.5 Å². The number of hydrogen-bond acceptors (Lipinski definition) is 4. The number of carbonyl (C=O) groups is 3. The van der Waals surface area contributed by atoms with E-state index in [1.165, 1.54) is 11.1 Å². The minimum Gasteiger partial charge on any atom is -0.480 e. The number of carboxylic acids is 1.